The number of hydrogen-bond donors (Lipinski definition) is 4. The van der Waals surface area contributed by atoms with Gasteiger partial charge in [0.05, 0.1) is 0 Å². The summed E-state index contributed by atoms with van der Waals surface area (Å²) >= 11 is 0. The van der Waals surface area contributed by atoms with Gasteiger partial charge in [-0.3, -0.25) is 19.2 Å². The van der Waals surface area contributed by atoms with E-state index in [1.54, 1.807) is 0 Å². The van der Waals surface area contributed by atoms with Crippen LogP contribution in [-0.2, 0) is 19.2 Å². The van der Waals surface area contributed by atoms with Gasteiger partial charge < -0.3 is 21.3 Å². The van der Waals surface area contributed by atoms with E-state index in [4.69, 9.17) is 0 Å². The van der Waals surface area contributed by atoms with Crippen molar-refractivity contribution in [3.63, 3.8) is 0 Å². The second kappa shape index (κ2) is 14.9. The van der Waals surface area contributed by atoms with Crippen LogP contribution >= 0.6 is 0 Å². The van der Waals surface area contributed by atoms with E-state index in [1.807, 2.05) is 0 Å². The van der Waals surface area contributed by atoms with Crippen LogP contribution < -0.4 is 21.3 Å². The lowest BCUT2D eigenvalue weighted by molar-refractivity contribution is -0.121. The molecule has 8 heteroatoms. The minimum atomic E-state index is -0.251. The Morgan fingerprint density at radius 3 is 1.32 bits per heavy atom. The zero-order valence-corrected chi connectivity index (χ0v) is 14.6. The van der Waals surface area contributed by atoms with Gasteiger partial charge in [0, 0.05) is 39.0 Å². The fourth-order valence-corrected chi connectivity index (χ4v) is 1.79. The molecule has 0 radical (unpaired) electrons. The highest BCUT2D eigenvalue weighted by Crippen LogP contribution is 1.89. The molecule has 0 saturated heterocycles. The van der Waals surface area contributed by atoms with Crippen molar-refractivity contribution < 1.29 is 19.2 Å². The minimum absolute atomic E-state index is 0.0860. The summed E-state index contributed by atoms with van der Waals surface area (Å²) in [7, 11) is 0. The average molecular weight is 352 g/mol. The van der Waals surface area contributed by atoms with Crippen LogP contribution in [0.25, 0.3) is 0 Å². The monoisotopic (exact) mass is 352 g/mol. The van der Waals surface area contributed by atoms with Crippen LogP contribution in [0.5, 0.6) is 0 Å². The quantitative estimate of drug-likeness (QED) is 0.255. The first-order chi connectivity index (χ1) is 12.0. The predicted molar refractivity (Wildman–Crippen MR) is 95.5 cm³/mol. The molecule has 0 rings (SSSR count). The molecule has 0 aliphatic rings. The summed E-state index contributed by atoms with van der Waals surface area (Å²) in [5.74, 6) is -0.673. The van der Waals surface area contributed by atoms with Crippen LogP contribution in [0.4, 0.5) is 0 Å². The van der Waals surface area contributed by atoms with Gasteiger partial charge in [0.1, 0.15) is 0 Å². The third-order valence-corrected chi connectivity index (χ3v) is 3.13. The van der Waals surface area contributed by atoms with E-state index < -0.39 is 0 Å². The van der Waals surface area contributed by atoms with Crippen LogP contribution in [0, 0.1) is 0 Å². The van der Waals surface area contributed by atoms with Crippen molar-refractivity contribution in [2.24, 2.45) is 0 Å². The highest BCUT2D eigenvalue weighted by Gasteiger charge is 2.03. The fourth-order valence-electron chi connectivity index (χ4n) is 1.79. The summed E-state index contributed by atoms with van der Waals surface area (Å²) in [6, 6.07) is 0. The Morgan fingerprint density at radius 1 is 0.600 bits per heavy atom. The van der Waals surface area contributed by atoms with Crippen molar-refractivity contribution in [2.45, 2.75) is 32.1 Å². The third-order valence-electron chi connectivity index (χ3n) is 3.13. The number of carbonyl (C=O) groups is 4. The lowest BCUT2D eigenvalue weighted by Crippen LogP contribution is -2.31. The van der Waals surface area contributed by atoms with Crippen molar-refractivity contribution in [3.8, 4) is 0 Å². The maximum absolute atomic E-state index is 11.5. The molecule has 25 heavy (non-hydrogen) atoms. The summed E-state index contributed by atoms with van der Waals surface area (Å²) < 4.78 is 0. The van der Waals surface area contributed by atoms with Crippen molar-refractivity contribution >= 4 is 23.6 Å². The minimum Gasteiger partial charge on any atom is -0.356 e. The Balaban J connectivity index is 3.46. The van der Waals surface area contributed by atoms with Crippen LogP contribution in [0.1, 0.15) is 32.1 Å². The van der Waals surface area contributed by atoms with Crippen LogP contribution in [0.2, 0.25) is 0 Å². The summed E-state index contributed by atoms with van der Waals surface area (Å²) in [6.45, 7) is 8.49. The number of carbonyl (C=O) groups excluding carboxylic acids is 4. The molecule has 140 valence electrons. The first-order valence-electron chi connectivity index (χ1n) is 8.33. The Kier molecular flexibility index (Phi) is 13.3. The molecule has 0 saturated carbocycles. The van der Waals surface area contributed by atoms with Gasteiger partial charge in [0.2, 0.25) is 23.6 Å². The van der Waals surface area contributed by atoms with Crippen molar-refractivity contribution in [3.05, 3.63) is 25.3 Å². The second-order valence-corrected chi connectivity index (χ2v) is 5.25. The molecule has 0 aliphatic carbocycles. The van der Waals surface area contributed by atoms with Gasteiger partial charge in [-0.1, -0.05) is 13.2 Å². The maximum Gasteiger partial charge on any atom is 0.243 e. The molecule has 0 aliphatic heterocycles. The predicted octanol–water partition coefficient (Wildman–Crippen LogP) is -0.226. The zero-order chi connectivity index (χ0) is 18.9. The van der Waals surface area contributed by atoms with Gasteiger partial charge in [-0.2, -0.15) is 0 Å². The molecule has 0 aromatic heterocycles. The molecule has 0 bridgehead atoms. The molecular formula is C17H28N4O4. The van der Waals surface area contributed by atoms with E-state index in [0.717, 1.165) is 0 Å². The van der Waals surface area contributed by atoms with E-state index in [1.165, 1.54) is 12.2 Å². The SMILES string of the molecule is C=CC(=O)NCCCC(=O)NCCCNC(=O)CCCNC(=O)C=C. The van der Waals surface area contributed by atoms with Crippen molar-refractivity contribution in [1.82, 2.24) is 21.3 Å². The highest BCUT2D eigenvalue weighted by atomic mass is 16.2. The molecule has 0 atom stereocenters. The van der Waals surface area contributed by atoms with E-state index in [2.05, 4.69) is 34.4 Å². The second-order valence-electron chi connectivity index (χ2n) is 5.25. The number of nitrogens with one attached hydrogen (secondary N) is 4. The molecule has 8 nitrogen and oxygen atoms in total. The molecule has 4 N–H and O–H groups in total. The standard InChI is InChI=1S/C17H28N4O4/c1-3-14(22)18-10-5-8-16(24)20-12-7-13-21-17(25)9-6-11-19-15(23)4-2/h3-4H,1-2,5-13H2,(H,18,22)(H,19,23)(H,20,24)(H,21,25). The van der Waals surface area contributed by atoms with Gasteiger partial charge in [-0.05, 0) is 31.4 Å². The zero-order valence-electron chi connectivity index (χ0n) is 14.6. The lowest BCUT2D eigenvalue weighted by atomic mass is 10.2. The van der Waals surface area contributed by atoms with Gasteiger partial charge in [0.15, 0.2) is 0 Å². The summed E-state index contributed by atoms with van der Waals surface area (Å²) in [6.07, 6.45) is 4.80. The molecule has 0 aromatic rings. The van der Waals surface area contributed by atoms with E-state index in [0.29, 0.717) is 58.3 Å². The molecule has 0 unspecified atom stereocenters. The third kappa shape index (κ3) is 14.7. The van der Waals surface area contributed by atoms with Crippen molar-refractivity contribution in [1.29, 1.82) is 0 Å². The van der Waals surface area contributed by atoms with Gasteiger partial charge in [-0.25, -0.2) is 0 Å². The van der Waals surface area contributed by atoms with Crippen LogP contribution in [-0.4, -0.2) is 49.8 Å². The van der Waals surface area contributed by atoms with Gasteiger partial charge in [0.25, 0.3) is 0 Å². The molecule has 0 heterocycles. The number of amides is 4. The first-order valence-corrected chi connectivity index (χ1v) is 8.33. The van der Waals surface area contributed by atoms with E-state index in [9.17, 15) is 19.2 Å². The van der Waals surface area contributed by atoms with E-state index >= 15 is 0 Å². The molecular weight excluding hydrogens is 324 g/mol. The normalized spacial score (nSPS) is 9.60. The summed E-state index contributed by atoms with van der Waals surface area (Å²) in [4.78, 5) is 44.9. The Morgan fingerprint density at radius 2 is 0.960 bits per heavy atom. The summed E-state index contributed by atoms with van der Waals surface area (Å²) in [5.41, 5.74) is 0. The topological polar surface area (TPSA) is 116 Å². The van der Waals surface area contributed by atoms with Gasteiger partial charge in [-0.15, -0.1) is 0 Å². The molecule has 0 aromatic carbocycles. The average Bonchev–Trinajstić information content (AvgIpc) is 2.61. The molecule has 4 amide bonds. The lowest BCUT2D eigenvalue weighted by Gasteiger charge is -2.07. The largest absolute Gasteiger partial charge is 0.356 e. The molecule has 0 fully saturated rings. The maximum atomic E-state index is 11.5. The van der Waals surface area contributed by atoms with Crippen LogP contribution in [0.3, 0.4) is 0 Å². The molecule has 0 spiro atoms. The van der Waals surface area contributed by atoms with E-state index in [-0.39, 0.29) is 23.6 Å². The first kappa shape index (κ1) is 22.4. The Labute approximate surface area is 148 Å². The Bertz CT molecular complexity index is 435. The smallest absolute Gasteiger partial charge is 0.243 e. The van der Waals surface area contributed by atoms with Crippen molar-refractivity contribution in [2.75, 3.05) is 26.2 Å². The number of rotatable bonds is 14. The number of hydrogen-bond acceptors (Lipinski definition) is 4. The van der Waals surface area contributed by atoms with Crippen LogP contribution in [0.15, 0.2) is 25.3 Å². The Hall–Kier alpha value is -2.64. The van der Waals surface area contributed by atoms with Gasteiger partial charge >= 0.3 is 0 Å². The highest BCUT2D eigenvalue weighted by molar-refractivity contribution is 5.87. The fraction of sp³-hybridized carbons (Fsp3) is 0.529. The summed E-state index contributed by atoms with van der Waals surface area (Å²) in [5, 5.41) is 10.7.